The lowest BCUT2D eigenvalue weighted by molar-refractivity contribution is -0.129. The fourth-order valence-corrected chi connectivity index (χ4v) is 4.52. The Bertz CT molecular complexity index is 1430. The highest BCUT2D eigenvalue weighted by Gasteiger charge is 2.34. The van der Waals surface area contributed by atoms with Gasteiger partial charge in [0.2, 0.25) is 18.9 Å². The van der Waals surface area contributed by atoms with Gasteiger partial charge in [-0.3, -0.25) is 9.59 Å². The first-order chi connectivity index (χ1) is 18.4. The van der Waals surface area contributed by atoms with Crippen LogP contribution in [0, 0.1) is 17.6 Å². The molecule has 0 aliphatic carbocycles. The fraction of sp³-hybridized carbons (Fsp3) is 0.250. The Balaban J connectivity index is 1.49. The Kier molecular flexibility index (Phi) is 7.06. The Labute approximate surface area is 217 Å². The number of nitrogens with zero attached hydrogens (tertiary/aromatic N) is 2. The summed E-state index contributed by atoms with van der Waals surface area (Å²) in [4.78, 5) is 32.9. The number of hydrogen-bond donors (Lipinski definition) is 2. The van der Waals surface area contributed by atoms with Gasteiger partial charge in [0.05, 0.1) is 18.0 Å². The van der Waals surface area contributed by atoms with Gasteiger partial charge in [0.15, 0.2) is 23.1 Å². The Morgan fingerprint density at radius 3 is 2.68 bits per heavy atom. The molecule has 2 aliphatic rings. The molecule has 2 N–H and O–H groups in total. The number of halogens is 2. The number of anilines is 1. The van der Waals surface area contributed by atoms with Gasteiger partial charge in [-0.1, -0.05) is 31.2 Å². The van der Waals surface area contributed by atoms with Crippen molar-refractivity contribution in [2.75, 3.05) is 24.8 Å². The van der Waals surface area contributed by atoms with Crippen LogP contribution in [-0.2, 0) is 16.0 Å². The van der Waals surface area contributed by atoms with E-state index in [1.165, 1.54) is 11.0 Å². The summed E-state index contributed by atoms with van der Waals surface area (Å²) in [5, 5.41) is 12.4. The van der Waals surface area contributed by atoms with Gasteiger partial charge in [-0.05, 0) is 48.4 Å². The number of nitrogens with one attached hydrogen (secondary N) is 1. The molecular weight excluding hydrogens is 496 g/mol. The average molecular weight is 522 g/mol. The molecule has 0 saturated heterocycles. The monoisotopic (exact) mass is 521 g/mol. The van der Waals surface area contributed by atoms with E-state index in [1.807, 2.05) is 12.1 Å². The van der Waals surface area contributed by atoms with Crippen LogP contribution in [0.3, 0.4) is 0 Å². The maximum Gasteiger partial charge on any atom is 0.272 e. The molecule has 1 unspecified atom stereocenters. The summed E-state index contributed by atoms with van der Waals surface area (Å²) in [6.07, 6.45) is -1.17. The van der Waals surface area contributed by atoms with E-state index in [-0.39, 0.29) is 26.4 Å². The number of rotatable bonds is 7. The van der Waals surface area contributed by atoms with Gasteiger partial charge >= 0.3 is 0 Å². The van der Waals surface area contributed by atoms with Crippen LogP contribution in [0.5, 0.6) is 11.5 Å². The van der Waals surface area contributed by atoms with E-state index in [9.17, 15) is 23.5 Å². The number of β-amino-alcohol motifs (C(OH)–C–C–N with tert-alkyl or cyclic N) is 1. The Hall–Kier alpha value is -4.31. The second-order valence-corrected chi connectivity index (χ2v) is 9.04. The molecule has 3 aromatic rings. The van der Waals surface area contributed by atoms with Crippen LogP contribution >= 0.6 is 0 Å². The van der Waals surface area contributed by atoms with Crippen LogP contribution in [0.25, 0.3) is 0 Å². The number of para-hydroxylation sites is 1. The molecule has 2 aliphatic heterocycles. The first kappa shape index (κ1) is 25.3. The van der Waals surface area contributed by atoms with Crippen molar-refractivity contribution in [1.82, 2.24) is 5.32 Å². The van der Waals surface area contributed by atoms with Gasteiger partial charge < -0.3 is 24.8 Å². The van der Waals surface area contributed by atoms with Crippen molar-refractivity contribution in [3.8, 4) is 11.5 Å². The smallest absolute Gasteiger partial charge is 0.272 e. The number of benzene rings is 3. The van der Waals surface area contributed by atoms with Crippen molar-refractivity contribution >= 4 is 23.2 Å². The molecule has 196 valence electrons. The summed E-state index contributed by atoms with van der Waals surface area (Å²) in [6.45, 7) is 1.42. The van der Waals surface area contributed by atoms with Crippen LogP contribution in [0.2, 0.25) is 0 Å². The number of ether oxygens (including phenoxy) is 2. The maximum atomic E-state index is 13.7. The number of carbonyl (C=O) groups is 2. The quantitative estimate of drug-likeness (QED) is 0.498. The summed E-state index contributed by atoms with van der Waals surface area (Å²) >= 11 is 0. The highest BCUT2D eigenvalue weighted by atomic mass is 19.2. The summed E-state index contributed by atoms with van der Waals surface area (Å²) < 4.78 is 37.9. The van der Waals surface area contributed by atoms with Gasteiger partial charge in [0.1, 0.15) is 0 Å². The second-order valence-electron chi connectivity index (χ2n) is 9.04. The summed E-state index contributed by atoms with van der Waals surface area (Å²) in [6, 6.07) is 15.9. The molecule has 10 heteroatoms. The number of aliphatic imine (C=N–C) groups is 1. The van der Waals surface area contributed by atoms with Crippen LogP contribution in [-0.4, -0.2) is 48.7 Å². The fourth-order valence-electron chi connectivity index (χ4n) is 4.52. The van der Waals surface area contributed by atoms with Crippen molar-refractivity contribution in [1.29, 1.82) is 0 Å². The van der Waals surface area contributed by atoms with E-state index in [4.69, 9.17) is 9.47 Å². The molecule has 38 heavy (non-hydrogen) atoms. The van der Waals surface area contributed by atoms with Gasteiger partial charge in [-0.15, -0.1) is 0 Å². The Morgan fingerprint density at radius 1 is 1.11 bits per heavy atom. The largest absolute Gasteiger partial charge is 0.454 e. The average Bonchev–Trinajstić information content (AvgIpc) is 3.35. The second kappa shape index (κ2) is 10.6. The normalized spacial score (nSPS) is 16.9. The Morgan fingerprint density at radius 2 is 1.89 bits per heavy atom. The van der Waals surface area contributed by atoms with E-state index in [0.29, 0.717) is 39.6 Å². The molecule has 0 spiro atoms. The number of fused-ring (bicyclic) bond motifs is 2. The topological polar surface area (TPSA) is 100 Å². The molecular formula is C28H25F2N3O5. The molecule has 2 heterocycles. The molecule has 0 radical (unpaired) electrons. The highest BCUT2D eigenvalue weighted by Crippen LogP contribution is 2.35. The molecule has 5 rings (SSSR count). The van der Waals surface area contributed by atoms with Crippen molar-refractivity contribution in [3.05, 3.63) is 89.0 Å². The van der Waals surface area contributed by atoms with Crippen LogP contribution in [0.4, 0.5) is 14.5 Å². The molecule has 0 saturated carbocycles. The van der Waals surface area contributed by atoms with E-state index >= 15 is 0 Å². The molecule has 8 nitrogen and oxygen atoms in total. The lowest BCUT2D eigenvalue weighted by Crippen LogP contribution is -2.49. The van der Waals surface area contributed by atoms with E-state index < -0.39 is 35.5 Å². The zero-order chi connectivity index (χ0) is 26.8. The molecule has 0 fully saturated rings. The van der Waals surface area contributed by atoms with E-state index in [1.54, 1.807) is 37.3 Å². The predicted octanol–water partition coefficient (Wildman–Crippen LogP) is 3.19. The van der Waals surface area contributed by atoms with Crippen molar-refractivity contribution in [3.63, 3.8) is 0 Å². The predicted molar refractivity (Wildman–Crippen MR) is 135 cm³/mol. The van der Waals surface area contributed by atoms with Crippen molar-refractivity contribution in [2.24, 2.45) is 10.9 Å². The molecule has 2 amide bonds. The van der Waals surface area contributed by atoms with Crippen molar-refractivity contribution < 1.29 is 33.0 Å². The third-order valence-corrected chi connectivity index (χ3v) is 6.43. The first-order valence-corrected chi connectivity index (χ1v) is 12.1. The van der Waals surface area contributed by atoms with Crippen LogP contribution < -0.4 is 19.7 Å². The number of benzodiazepines with no additional fused rings is 1. The van der Waals surface area contributed by atoms with Gasteiger partial charge in [-0.25, -0.2) is 13.8 Å². The van der Waals surface area contributed by atoms with Crippen LogP contribution in [0.15, 0.2) is 65.7 Å². The number of aliphatic hydroxyl groups excluding tert-OH is 1. The summed E-state index contributed by atoms with van der Waals surface area (Å²) in [5.74, 6) is -2.52. The number of aliphatic hydroxyl groups is 1. The minimum Gasteiger partial charge on any atom is -0.454 e. The molecule has 3 aromatic carbocycles. The minimum atomic E-state index is -1.30. The zero-order valence-electron chi connectivity index (χ0n) is 20.5. The SMILES string of the molecule is C[C@@H](Cc1ccc(F)c(F)c1)C(=O)NC1N=C(c2ccc3c(c2)OCO3)c2ccccc2N(CCO)C1=O. The number of hydrogen-bond acceptors (Lipinski definition) is 6. The maximum absolute atomic E-state index is 13.7. The number of amides is 2. The summed E-state index contributed by atoms with van der Waals surface area (Å²) in [7, 11) is 0. The first-order valence-electron chi connectivity index (χ1n) is 12.1. The number of carbonyl (C=O) groups excluding carboxylic acids is 2. The van der Waals surface area contributed by atoms with Gasteiger partial charge in [0, 0.05) is 23.6 Å². The molecule has 0 aromatic heterocycles. The van der Waals surface area contributed by atoms with E-state index in [2.05, 4.69) is 10.3 Å². The van der Waals surface area contributed by atoms with Gasteiger partial charge in [-0.2, -0.15) is 0 Å². The molecule has 2 atom stereocenters. The van der Waals surface area contributed by atoms with Crippen LogP contribution in [0.1, 0.15) is 23.6 Å². The summed E-state index contributed by atoms with van der Waals surface area (Å²) in [5.41, 5.74) is 2.72. The lowest BCUT2D eigenvalue weighted by Gasteiger charge is -2.25. The zero-order valence-corrected chi connectivity index (χ0v) is 20.5. The third-order valence-electron chi connectivity index (χ3n) is 6.43. The lowest BCUT2D eigenvalue weighted by atomic mass is 9.99. The molecule has 0 bridgehead atoms. The van der Waals surface area contributed by atoms with Gasteiger partial charge in [0.25, 0.3) is 5.91 Å². The minimum absolute atomic E-state index is 0.00341. The van der Waals surface area contributed by atoms with Crippen molar-refractivity contribution in [2.45, 2.75) is 19.5 Å². The van der Waals surface area contributed by atoms with E-state index in [0.717, 1.165) is 12.1 Å². The highest BCUT2D eigenvalue weighted by molar-refractivity contribution is 6.20. The third kappa shape index (κ3) is 4.95. The standard InChI is InChI=1S/C28H25F2N3O5/c1-16(12-17-6-8-20(29)21(30)13-17)27(35)32-26-28(36)33(10-11-34)22-5-3-2-4-19(22)25(31-26)18-7-9-23-24(14-18)38-15-37-23/h2-9,13-14,16,26,34H,10-12,15H2,1H3,(H,32,35)/t16-,26?/m0/s1.